The average molecular weight is 294 g/mol. The molecule has 110 valence electrons. The maximum Gasteiger partial charge on any atom is 0.152 e. The minimum Gasteiger partial charge on any atom is -0.346 e. The maximum atomic E-state index is 11.8. The van der Waals surface area contributed by atoms with E-state index >= 15 is 0 Å². The molecule has 2 aromatic rings. The summed E-state index contributed by atoms with van der Waals surface area (Å²) in [5.74, 6) is 0.462. The normalized spacial score (nSPS) is 12.1. The molecular formula is C15H22N2O2S. The summed E-state index contributed by atoms with van der Waals surface area (Å²) in [5, 5.41) is 1.17. The van der Waals surface area contributed by atoms with Crippen molar-refractivity contribution < 1.29 is 8.42 Å². The largest absolute Gasteiger partial charge is 0.346 e. The van der Waals surface area contributed by atoms with Crippen LogP contribution < -0.4 is 5.73 Å². The molecule has 0 spiro atoms. The van der Waals surface area contributed by atoms with Crippen LogP contribution in [0.5, 0.6) is 0 Å². The van der Waals surface area contributed by atoms with Gasteiger partial charge in [0.15, 0.2) is 9.84 Å². The van der Waals surface area contributed by atoms with Crippen LogP contribution in [0.25, 0.3) is 10.9 Å². The van der Waals surface area contributed by atoms with Gasteiger partial charge in [0.25, 0.3) is 0 Å². The predicted octanol–water partition coefficient (Wildman–Crippen LogP) is 1.97. The first kappa shape index (κ1) is 15.1. The van der Waals surface area contributed by atoms with Crippen molar-refractivity contribution in [2.75, 3.05) is 18.1 Å². The SMILES string of the molecule is CCCS(=O)(=O)CCn1cc(CCN)c2ccccc21. The summed E-state index contributed by atoms with van der Waals surface area (Å²) in [4.78, 5) is 0. The molecule has 0 atom stereocenters. The van der Waals surface area contributed by atoms with E-state index in [1.54, 1.807) is 0 Å². The molecule has 20 heavy (non-hydrogen) atoms. The molecule has 2 rings (SSSR count). The van der Waals surface area contributed by atoms with Gasteiger partial charge in [0.1, 0.15) is 0 Å². The van der Waals surface area contributed by atoms with E-state index in [2.05, 4.69) is 6.07 Å². The fourth-order valence-electron chi connectivity index (χ4n) is 2.51. The zero-order chi connectivity index (χ0) is 14.6. The van der Waals surface area contributed by atoms with Gasteiger partial charge in [-0.2, -0.15) is 0 Å². The van der Waals surface area contributed by atoms with Gasteiger partial charge >= 0.3 is 0 Å². The third kappa shape index (κ3) is 3.41. The number of aryl methyl sites for hydroxylation is 1. The summed E-state index contributed by atoms with van der Waals surface area (Å²) >= 11 is 0. The molecule has 5 heteroatoms. The topological polar surface area (TPSA) is 65.1 Å². The van der Waals surface area contributed by atoms with Crippen LogP contribution in [-0.4, -0.2) is 31.0 Å². The second kappa shape index (κ2) is 6.41. The zero-order valence-corrected chi connectivity index (χ0v) is 12.7. The molecule has 0 radical (unpaired) electrons. The van der Waals surface area contributed by atoms with E-state index in [1.165, 1.54) is 10.9 Å². The van der Waals surface area contributed by atoms with Crippen LogP contribution in [-0.2, 0) is 22.8 Å². The Kier molecular flexibility index (Phi) is 4.83. The first-order valence-electron chi connectivity index (χ1n) is 7.04. The molecule has 0 saturated carbocycles. The van der Waals surface area contributed by atoms with Crippen molar-refractivity contribution in [3.63, 3.8) is 0 Å². The quantitative estimate of drug-likeness (QED) is 0.849. The third-order valence-electron chi connectivity index (χ3n) is 3.44. The molecule has 0 aliphatic carbocycles. The molecule has 0 amide bonds. The van der Waals surface area contributed by atoms with Crippen molar-refractivity contribution >= 4 is 20.7 Å². The lowest BCUT2D eigenvalue weighted by Crippen LogP contribution is -2.15. The van der Waals surface area contributed by atoms with Gasteiger partial charge in [-0.05, 0) is 31.0 Å². The van der Waals surface area contributed by atoms with Crippen LogP contribution in [0.2, 0.25) is 0 Å². The van der Waals surface area contributed by atoms with E-state index in [4.69, 9.17) is 5.73 Å². The third-order valence-corrected chi connectivity index (χ3v) is 5.28. The van der Waals surface area contributed by atoms with Crippen molar-refractivity contribution in [2.24, 2.45) is 5.73 Å². The minimum absolute atomic E-state index is 0.196. The van der Waals surface area contributed by atoms with Crippen LogP contribution >= 0.6 is 0 Å². The van der Waals surface area contributed by atoms with E-state index < -0.39 is 9.84 Å². The second-order valence-electron chi connectivity index (χ2n) is 5.06. The first-order chi connectivity index (χ1) is 9.57. The lowest BCUT2D eigenvalue weighted by molar-refractivity contribution is 0.588. The Morgan fingerprint density at radius 2 is 1.95 bits per heavy atom. The highest BCUT2D eigenvalue weighted by Crippen LogP contribution is 2.21. The monoisotopic (exact) mass is 294 g/mol. The summed E-state index contributed by atoms with van der Waals surface area (Å²) in [5.41, 5.74) is 7.91. The van der Waals surface area contributed by atoms with Gasteiger partial charge in [-0.1, -0.05) is 25.1 Å². The lowest BCUT2D eigenvalue weighted by Gasteiger charge is -2.06. The maximum absolute atomic E-state index is 11.8. The molecule has 1 heterocycles. The Bertz CT molecular complexity index is 674. The fraction of sp³-hybridized carbons (Fsp3) is 0.467. The highest BCUT2D eigenvalue weighted by molar-refractivity contribution is 7.91. The van der Waals surface area contributed by atoms with Gasteiger partial charge in [0, 0.05) is 29.4 Å². The fourth-order valence-corrected chi connectivity index (χ4v) is 3.81. The Hall–Kier alpha value is -1.33. The van der Waals surface area contributed by atoms with Gasteiger partial charge < -0.3 is 10.3 Å². The van der Waals surface area contributed by atoms with Crippen LogP contribution in [0.3, 0.4) is 0 Å². The molecule has 0 saturated heterocycles. The standard InChI is InChI=1S/C15H22N2O2S/c1-2-10-20(18,19)11-9-17-12-13(7-8-16)14-5-3-4-6-15(14)17/h3-6,12H,2,7-11,16H2,1H3. The van der Waals surface area contributed by atoms with Gasteiger partial charge in [-0.3, -0.25) is 0 Å². The van der Waals surface area contributed by atoms with Crippen molar-refractivity contribution in [3.8, 4) is 0 Å². The van der Waals surface area contributed by atoms with E-state index in [9.17, 15) is 8.42 Å². The van der Waals surface area contributed by atoms with E-state index in [-0.39, 0.29) is 11.5 Å². The molecular weight excluding hydrogens is 272 g/mol. The molecule has 4 nitrogen and oxygen atoms in total. The molecule has 0 aliphatic heterocycles. The molecule has 2 N–H and O–H groups in total. The second-order valence-corrected chi connectivity index (χ2v) is 7.36. The van der Waals surface area contributed by atoms with Gasteiger partial charge in [-0.25, -0.2) is 8.42 Å². The number of benzene rings is 1. The van der Waals surface area contributed by atoms with E-state index in [1.807, 2.05) is 35.9 Å². The van der Waals surface area contributed by atoms with Crippen LogP contribution in [0.4, 0.5) is 0 Å². The predicted molar refractivity (Wildman–Crippen MR) is 83.6 cm³/mol. The smallest absolute Gasteiger partial charge is 0.152 e. The molecule has 1 aromatic carbocycles. The molecule has 1 aromatic heterocycles. The zero-order valence-electron chi connectivity index (χ0n) is 11.9. The van der Waals surface area contributed by atoms with Crippen molar-refractivity contribution in [1.29, 1.82) is 0 Å². The minimum atomic E-state index is -2.95. The first-order valence-corrected chi connectivity index (χ1v) is 8.87. The number of sulfone groups is 1. The van der Waals surface area contributed by atoms with E-state index in [0.717, 1.165) is 11.9 Å². The van der Waals surface area contributed by atoms with Crippen molar-refractivity contribution in [1.82, 2.24) is 4.57 Å². The number of hydrogen-bond acceptors (Lipinski definition) is 3. The summed E-state index contributed by atoms with van der Waals surface area (Å²) < 4.78 is 25.7. The number of nitrogens with zero attached hydrogens (tertiary/aromatic N) is 1. The average Bonchev–Trinajstić information content (AvgIpc) is 2.76. The Balaban J connectivity index is 2.26. The number of rotatable bonds is 7. The van der Waals surface area contributed by atoms with Gasteiger partial charge in [0.05, 0.1) is 5.75 Å². The number of nitrogens with two attached hydrogens (primary N) is 1. The summed E-state index contributed by atoms with van der Waals surface area (Å²) in [6.45, 7) is 3.00. The van der Waals surface area contributed by atoms with E-state index in [0.29, 0.717) is 19.5 Å². The van der Waals surface area contributed by atoms with Crippen LogP contribution in [0, 0.1) is 0 Å². The molecule has 0 fully saturated rings. The Morgan fingerprint density at radius 1 is 1.20 bits per heavy atom. The van der Waals surface area contributed by atoms with Gasteiger partial charge in [-0.15, -0.1) is 0 Å². The highest BCUT2D eigenvalue weighted by atomic mass is 32.2. The van der Waals surface area contributed by atoms with Crippen LogP contribution in [0.15, 0.2) is 30.5 Å². The highest BCUT2D eigenvalue weighted by Gasteiger charge is 2.12. The van der Waals surface area contributed by atoms with Crippen LogP contribution in [0.1, 0.15) is 18.9 Å². The number of hydrogen-bond donors (Lipinski definition) is 1. The number of fused-ring (bicyclic) bond motifs is 1. The Morgan fingerprint density at radius 3 is 2.65 bits per heavy atom. The molecule has 0 aliphatic rings. The lowest BCUT2D eigenvalue weighted by atomic mass is 10.1. The van der Waals surface area contributed by atoms with Crippen molar-refractivity contribution in [3.05, 3.63) is 36.0 Å². The number of para-hydroxylation sites is 1. The molecule has 0 unspecified atom stereocenters. The summed E-state index contributed by atoms with van der Waals surface area (Å²) in [6, 6.07) is 8.07. The summed E-state index contributed by atoms with van der Waals surface area (Å²) in [7, 11) is -2.95. The number of aromatic nitrogens is 1. The molecule has 0 bridgehead atoms. The summed E-state index contributed by atoms with van der Waals surface area (Å²) in [6.07, 6.45) is 3.53. The van der Waals surface area contributed by atoms with Gasteiger partial charge in [0.2, 0.25) is 0 Å². The Labute approximate surface area is 120 Å². The van der Waals surface area contributed by atoms with Crippen molar-refractivity contribution in [2.45, 2.75) is 26.3 Å².